The number of para-hydroxylation sites is 5. The smallest absolute Gasteiger partial charge is 0.216 e. The van der Waals surface area contributed by atoms with E-state index in [4.69, 9.17) is 22.1 Å². The fourth-order valence-electron chi connectivity index (χ4n) is 16.0. The molecule has 0 saturated heterocycles. The lowest BCUT2D eigenvalue weighted by Gasteiger charge is -2.09. The summed E-state index contributed by atoms with van der Waals surface area (Å²) < 4.78 is 41.7. The Balaban J connectivity index is 0.000000106. The Morgan fingerprint density at radius 2 is 0.616 bits per heavy atom. The van der Waals surface area contributed by atoms with Crippen molar-refractivity contribution in [1.29, 1.82) is 0 Å². The van der Waals surface area contributed by atoms with Gasteiger partial charge in [-0.15, -0.1) is 0 Å². The lowest BCUT2D eigenvalue weighted by molar-refractivity contribution is -0.660. The van der Waals surface area contributed by atoms with Gasteiger partial charge in [-0.3, -0.25) is 0 Å². The number of benzene rings is 10. The van der Waals surface area contributed by atoms with Crippen molar-refractivity contribution in [2.24, 2.45) is 35.2 Å². The van der Waals surface area contributed by atoms with Gasteiger partial charge in [0.1, 0.15) is 91.1 Å². The molecule has 0 bridgehead atoms. The van der Waals surface area contributed by atoms with E-state index in [1.54, 1.807) is 0 Å². The van der Waals surface area contributed by atoms with Crippen LogP contribution in [-0.2, 0) is 35.2 Å². The normalized spacial score (nSPS) is 11.5. The molecule has 0 saturated carbocycles. The van der Waals surface area contributed by atoms with Gasteiger partial charge in [-0.1, -0.05) is 153 Å². The first-order valence-corrected chi connectivity index (χ1v) is 38.6. The predicted molar refractivity (Wildman–Crippen MR) is 458 cm³/mol. The summed E-state index contributed by atoms with van der Waals surface area (Å²) in [6, 6.07) is 84.6. The Hall–Kier alpha value is -13.1. The van der Waals surface area contributed by atoms with Crippen LogP contribution >= 0.6 is 0 Å². The second-order valence-corrected chi connectivity index (χ2v) is 30.5. The molecule has 0 atom stereocenters. The summed E-state index contributed by atoms with van der Waals surface area (Å²) in [5.41, 5.74) is 34.1. The van der Waals surface area contributed by atoms with E-state index in [0.29, 0.717) is 5.92 Å². The molecule has 0 aliphatic rings. The van der Waals surface area contributed by atoms with E-state index in [1.807, 2.05) is 66.7 Å². The van der Waals surface area contributed by atoms with Crippen molar-refractivity contribution >= 4 is 110 Å². The van der Waals surface area contributed by atoms with E-state index in [-0.39, 0.29) is 0 Å². The lowest BCUT2D eigenvalue weighted by atomic mass is 9.97. The molecule has 0 aliphatic heterocycles. The highest BCUT2D eigenvalue weighted by Gasteiger charge is 2.26. The van der Waals surface area contributed by atoms with Gasteiger partial charge in [-0.25, -0.2) is 22.8 Å². The first-order valence-electron chi connectivity index (χ1n) is 38.6. The monoisotopic (exact) mass is 1470 g/mol. The van der Waals surface area contributed by atoms with Crippen molar-refractivity contribution in [3.63, 3.8) is 0 Å². The minimum atomic E-state index is 0.500. The average molecular weight is 1470 g/mol. The van der Waals surface area contributed by atoms with Crippen molar-refractivity contribution in [3.05, 3.63) is 329 Å². The topological polar surface area (TPSA) is 85.1 Å². The fourth-order valence-corrected chi connectivity index (χ4v) is 16.0. The highest BCUT2D eigenvalue weighted by atomic mass is 16.3. The minimum absolute atomic E-state index is 0.500. The van der Waals surface area contributed by atoms with E-state index in [0.717, 1.165) is 55.8 Å². The van der Waals surface area contributed by atoms with Crippen molar-refractivity contribution in [3.8, 4) is 56.3 Å². The van der Waals surface area contributed by atoms with Crippen molar-refractivity contribution in [2.45, 2.75) is 82.1 Å². The van der Waals surface area contributed by atoms with E-state index in [2.05, 4.69) is 341 Å². The molecule has 0 aliphatic carbocycles. The number of hydrogen-bond donors (Lipinski definition) is 0. The summed E-state index contributed by atoms with van der Waals surface area (Å²) in [6.45, 7) is 23.7. The number of rotatable bonds is 6. The number of aromatic nitrogens is 5. The maximum Gasteiger partial charge on any atom is 0.216 e. The Bertz CT molecular complexity index is 7060. The SMILES string of the molecule is Cc1cc(-c2cc3oc4ccccc4c3cc2C)[n+](C)cc1C.Cc1cc[n+](C)c(-c2c(C)ccc3c2oc2ccccc23)c1.Cc1ccc(-c2c(C)ccc3c2oc2ccccc23)[n+](C)c1.Cc1ccc2c(oc3ccccc32)c1-c1cc(C(C)C)cc[n+]1C.Cc1ccc2c(oc3ccccc32)c1-c1cccc[n+]1C. The van der Waals surface area contributed by atoms with Gasteiger partial charge >= 0.3 is 0 Å². The summed E-state index contributed by atoms with van der Waals surface area (Å²) in [5, 5.41) is 11.8. The third kappa shape index (κ3) is 13.6. The first kappa shape index (κ1) is 73.1. The molecule has 10 nitrogen and oxygen atoms in total. The van der Waals surface area contributed by atoms with Gasteiger partial charge in [0, 0.05) is 114 Å². The number of pyridine rings is 5. The molecule has 0 fully saturated rings. The van der Waals surface area contributed by atoms with E-state index >= 15 is 0 Å². The van der Waals surface area contributed by atoms with E-state index < -0.39 is 0 Å². The van der Waals surface area contributed by atoms with E-state index in [9.17, 15) is 0 Å². The van der Waals surface area contributed by atoms with Crippen molar-refractivity contribution in [1.82, 2.24) is 0 Å². The molecular formula is C102H94N5O5+5. The van der Waals surface area contributed by atoms with Crippen LogP contribution in [0.3, 0.4) is 0 Å². The minimum Gasteiger partial charge on any atom is -0.456 e. The van der Waals surface area contributed by atoms with Crippen LogP contribution < -0.4 is 22.8 Å². The maximum absolute atomic E-state index is 6.26. The Labute approximate surface area is 653 Å². The van der Waals surface area contributed by atoms with Crippen LogP contribution in [0, 0.1) is 62.3 Å². The summed E-state index contributed by atoms with van der Waals surface area (Å²) in [4.78, 5) is 0. The molecular weight excluding hydrogens is 1380 g/mol. The van der Waals surface area contributed by atoms with Crippen LogP contribution in [0.4, 0.5) is 0 Å². The van der Waals surface area contributed by atoms with Gasteiger partial charge in [0.05, 0.1) is 27.8 Å². The third-order valence-electron chi connectivity index (χ3n) is 22.3. The van der Waals surface area contributed by atoms with Crippen LogP contribution in [0.2, 0.25) is 0 Å². The standard InChI is InChI=1S/C22H22NO.C21H20NO.2C20H18NO.C19H16NO/c1-14(2)16-11-12-23(4)19(13-16)21-15(3)9-10-18-17-7-5-6-8-20(17)24-22(18)21;1-13-10-19(22(4)12-15(13)3)17-11-21-18(9-14(17)2)16-7-5-6-8-20(16)23-21;1-13-8-11-17(21(3)12-13)19-14(2)9-10-16-15-6-4-5-7-18(15)22-20(16)19;1-13-10-11-21(3)17(12-13)19-14(2)8-9-16-15-6-4-5-7-18(15)22-20(16)19;1-13-10-11-15-14-7-3-4-9-17(14)21-19(15)18(13)16-8-5-6-12-20(16)2/h5-14H,1-4H3;5-12H,1-4H3;2*4-12H,1-3H3;3-12H,1-2H3/q5*+1. The highest BCUT2D eigenvalue weighted by molar-refractivity contribution is 6.13. The number of aryl methyl sites for hydroxylation is 14. The zero-order valence-electron chi connectivity index (χ0n) is 66.8. The second kappa shape index (κ2) is 30.1. The second-order valence-electron chi connectivity index (χ2n) is 30.5. The highest BCUT2D eigenvalue weighted by Crippen LogP contribution is 2.42. The van der Waals surface area contributed by atoms with Crippen molar-refractivity contribution in [2.75, 3.05) is 0 Å². The van der Waals surface area contributed by atoms with Gasteiger partial charge in [0.15, 0.2) is 31.0 Å². The van der Waals surface area contributed by atoms with Crippen LogP contribution in [0.15, 0.2) is 296 Å². The third-order valence-corrected chi connectivity index (χ3v) is 22.3. The molecule has 10 aromatic heterocycles. The summed E-state index contributed by atoms with van der Waals surface area (Å²) in [7, 11) is 10.4. The molecule has 0 radical (unpaired) electrons. The van der Waals surface area contributed by atoms with Crippen LogP contribution in [-0.4, -0.2) is 0 Å². The number of fused-ring (bicyclic) bond motifs is 15. The zero-order valence-corrected chi connectivity index (χ0v) is 66.8. The Morgan fingerprint density at radius 3 is 1.06 bits per heavy atom. The molecule has 20 aromatic rings. The summed E-state index contributed by atoms with van der Waals surface area (Å²) in [6.07, 6.45) is 10.6. The van der Waals surface area contributed by atoms with Gasteiger partial charge in [-0.05, 0) is 167 Å². The average Bonchev–Trinajstić information content (AvgIpc) is 1.62. The fraction of sp³-hybridized carbons (Fsp3) is 0.167. The molecule has 20 rings (SSSR count). The van der Waals surface area contributed by atoms with Crippen LogP contribution in [0.1, 0.15) is 75.4 Å². The predicted octanol–water partition coefficient (Wildman–Crippen LogP) is 24.3. The van der Waals surface area contributed by atoms with Gasteiger partial charge in [0.2, 0.25) is 28.5 Å². The molecule has 0 spiro atoms. The van der Waals surface area contributed by atoms with Gasteiger partial charge in [0.25, 0.3) is 0 Å². The number of nitrogens with zero attached hydrogens (tertiary/aromatic N) is 5. The quantitative estimate of drug-likeness (QED) is 0.155. The maximum atomic E-state index is 6.26. The number of hydrogen-bond acceptors (Lipinski definition) is 5. The molecule has 0 amide bonds. The first-order chi connectivity index (χ1) is 54.2. The molecule has 0 N–H and O–H groups in total. The zero-order chi connectivity index (χ0) is 77.9. The largest absolute Gasteiger partial charge is 0.456 e. The molecule has 0 unspecified atom stereocenters. The Kier molecular flexibility index (Phi) is 19.6. The van der Waals surface area contributed by atoms with Gasteiger partial charge < -0.3 is 22.1 Å². The van der Waals surface area contributed by atoms with Gasteiger partial charge in [-0.2, -0.15) is 0 Å². The molecule has 10 heterocycles. The number of furan rings is 5. The van der Waals surface area contributed by atoms with E-state index in [1.165, 1.54) is 166 Å². The molecule has 10 heteroatoms. The van der Waals surface area contributed by atoms with Crippen LogP contribution in [0.5, 0.6) is 0 Å². The lowest BCUT2D eigenvalue weighted by Crippen LogP contribution is -2.31. The van der Waals surface area contributed by atoms with Crippen LogP contribution in [0.25, 0.3) is 166 Å². The molecule has 112 heavy (non-hydrogen) atoms. The summed E-state index contributed by atoms with van der Waals surface area (Å²) in [5.74, 6) is 0.500. The molecule has 552 valence electrons. The Morgan fingerprint density at radius 1 is 0.232 bits per heavy atom. The van der Waals surface area contributed by atoms with Crippen molar-refractivity contribution < 1.29 is 44.9 Å². The molecule has 10 aromatic carbocycles. The summed E-state index contributed by atoms with van der Waals surface area (Å²) >= 11 is 0.